The van der Waals surface area contributed by atoms with Crippen LogP contribution in [-0.2, 0) is 16.5 Å². The Morgan fingerprint density at radius 3 is 2.00 bits per heavy atom. The van der Waals surface area contributed by atoms with Crippen molar-refractivity contribution in [3.63, 3.8) is 0 Å². The van der Waals surface area contributed by atoms with Crippen LogP contribution in [0.1, 0.15) is 21.0 Å². The van der Waals surface area contributed by atoms with Crippen LogP contribution in [0.15, 0.2) is 6.07 Å². The molecule has 0 aliphatic carbocycles. The van der Waals surface area contributed by atoms with Gasteiger partial charge < -0.3 is 19.3 Å². The Kier molecular flexibility index (Phi) is 4.39. The zero-order valence-electron chi connectivity index (χ0n) is 12.7. The molecule has 0 saturated carbocycles. The lowest BCUT2D eigenvalue weighted by atomic mass is 10.2. The minimum absolute atomic E-state index is 0.112. The van der Waals surface area contributed by atoms with Crippen molar-refractivity contribution in [3.05, 3.63) is 17.5 Å². The molecule has 0 radical (unpaired) electrons. The third-order valence-electron chi connectivity index (χ3n) is 3.91. The lowest BCUT2D eigenvalue weighted by Crippen LogP contribution is -2.41. The van der Waals surface area contributed by atoms with E-state index in [0.29, 0.717) is 64.0 Å². The van der Waals surface area contributed by atoms with Crippen LogP contribution in [-0.4, -0.2) is 84.0 Å². The van der Waals surface area contributed by atoms with Gasteiger partial charge >= 0.3 is 0 Å². The van der Waals surface area contributed by atoms with Crippen LogP contribution in [0.5, 0.6) is 0 Å². The minimum atomic E-state index is -0.153. The molecule has 0 aromatic carbocycles. The summed E-state index contributed by atoms with van der Waals surface area (Å²) in [5, 5.41) is 4.21. The second-order valence-corrected chi connectivity index (χ2v) is 5.35. The fourth-order valence-electron chi connectivity index (χ4n) is 2.63. The van der Waals surface area contributed by atoms with E-state index in [1.54, 1.807) is 22.9 Å². The van der Waals surface area contributed by atoms with Gasteiger partial charge in [-0.05, 0) is 0 Å². The predicted octanol–water partition coefficient (Wildman–Crippen LogP) is -0.635. The van der Waals surface area contributed by atoms with Crippen molar-refractivity contribution in [2.75, 3.05) is 52.6 Å². The molecule has 22 heavy (non-hydrogen) atoms. The second kappa shape index (κ2) is 6.45. The summed E-state index contributed by atoms with van der Waals surface area (Å²) in [6, 6.07) is 1.58. The molecular weight excluding hydrogens is 288 g/mol. The zero-order valence-corrected chi connectivity index (χ0v) is 12.7. The van der Waals surface area contributed by atoms with Crippen molar-refractivity contribution in [1.82, 2.24) is 19.6 Å². The first-order valence-corrected chi connectivity index (χ1v) is 7.45. The van der Waals surface area contributed by atoms with Gasteiger partial charge in [-0.3, -0.25) is 14.3 Å². The van der Waals surface area contributed by atoms with Crippen LogP contribution >= 0.6 is 0 Å². The number of aromatic nitrogens is 2. The molecule has 0 bridgehead atoms. The number of ether oxygens (including phenoxy) is 2. The van der Waals surface area contributed by atoms with Crippen molar-refractivity contribution in [2.45, 2.75) is 0 Å². The topological polar surface area (TPSA) is 76.9 Å². The largest absolute Gasteiger partial charge is 0.378 e. The molecule has 2 aliphatic rings. The number of morpholine rings is 2. The van der Waals surface area contributed by atoms with Gasteiger partial charge in [0.15, 0.2) is 5.69 Å². The van der Waals surface area contributed by atoms with Crippen LogP contribution in [0.4, 0.5) is 0 Å². The van der Waals surface area contributed by atoms with Crippen LogP contribution in [0, 0.1) is 0 Å². The van der Waals surface area contributed by atoms with Crippen molar-refractivity contribution < 1.29 is 19.1 Å². The van der Waals surface area contributed by atoms with E-state index in [0.717, 1.165) is 0 Å². The first-order chi connectivity index (χ1) is 10.7. The van der Waals surface area contributed by atoms with E-state index in [1.807, 2.05) is 0 Å². The quantitative estimate of drug-likeness (QED) is 0.727. The lowest BCUT2D eigenvalue weighted by molar-refractivity contribution is 0.0295. The summed E-state index contributed by atoms with van der Waals surface area (Å²) in [7, 11) is 1.68. The summed E-state index contributed by atoms with van der Waals surface area (Å²) < 4.78 is 12.0. The van der Waals surface area contributed by atoms with Gasteiger partial charge in [-0.15, -0.1) is 0 Å². The number of aryl methyl sites for hydroxylation is 1. The van der Waals surface area contributed by atoms with Gasteiger partial charge in [0.1, 0.15) is 5.69 Å². The number of amides is 2. The summed E-state index contributed by atoms with van der Waals surface area (Å²) in [6.45, 7) is 4.42. The normalized spacial score (nSPS) is 19.3. The average Bonchev–Trinajstić information content (AvgIpc) is 2.97. The maximum absolute atomic E-state index is 12.5. The molecule has 2 amide bonds. The molecule has 3 heterocycles. The zero-order chi connectivity index (χ0) is 15.5. The lowest BCUT2D eigenvalue weighted by Gasteiger charge is -2.26. The van der Waals surface area contributed by atoms with E-state index in [9.17, 15) is 9.59 Å². The van der Waals surface area contributed by atoms with Crippen LogP contribution in [0.3, 0.4) is 0 Å². The molecule has 1 aromatic heterocycles. The Morgan fingerprint density at radius 1 is 0.955 bits per heavy atom. The fourth-order valence-corrected chi connectivity index (χ4v) is 2.63. The minimum Gasteiger partial charge on any atom is -0.378 e. The van der Waals surface area contributed by atoms with Crippen molar-refractivity contribution in [2.24, 2.45) is 7.05 Å². The molecule has 1 aromatic rings. The number of nitrogens with zero attached hydrogens (tertiary/aromatic N) is 4. The van der Waals surface area contributed by atoms with Crippen molar-refractivity contribution in [1.29, 1.82) is 0 Å². The first-order valence-electron chi connectivity index (χ1n) is 7.45. The van der Waals surface area contributed by atoms with E-state index in [-0.39, 0.29) is 11.8 Å². The maximum atomic E-state index is 12.5. The van der Waals surface area contributed by atoms with E-state index in [4.69, 9.17) is 9.47 Å². The van der Waals surface area contributed by atoms with Gasteiger partial charge in [-0.1, -0.05) is 0 Å². The second-order valence-electron chi connectivity index (χ2n) is 5.35. The van der Waals surface area contributed by atoms with Crippen LogP contribution in [0.25, 0.3) is 0 Å². The molecular formula is C14H20N4O4. The molecule has 0 atom stereocenters. The highest BCUT2D eigenvalue weighted by molar-refractivity contribution is 5.98. The Bertz CT molecular complexity index is 559. The Labute approximate surface area is 128 Å². The number of rotatable bonds is 2. The molecule has 3 rings (SSSR count). The molecule has 2 saturated heterocycles. The smallest absolute Gasteiger partial charge is 0.274 e. The summed E-state index contributed by atoms with van der Waals surface area (Å²) >= 11 is 0. The van der Waals surface area contributed by atoms with Gasteiger partial charge in [0, 0.05) is 39.3 Å². The van der Waals surface area contributed by atoms with Crippen LogP contribution in [0.2, 0.25) is 0 Å². The third-order valence-corrected chi connectivity index (χ3v) is 3.91. The van der Waals surface area contributed by atoms with Crippen molar-refractivity contribution in [3.8, 4) is 0 Å². The molecule has 0 unspecified atom stereocenters. The van der Waals surface area contributed by atoms with E-state index in [2.05, 4.69) is 5.10 Å². The van der Waals surface area contributed by atoms with Crippen LogP contribution < -0.4 is 0 Å². The molecule has 8 heteroatoms. The molecule has 2 aliphatic heterocycles. The van der Waals surface area contributed by atoms with E-state index >= 15 is 0 Å². The van der Waals surface area contributed by atoms with E-state index < -0.39 is 0 Å². The molecule has 8 nitrogen and oxygen atoms in total. The highest BCUT2D eigenvalue weighted by Gasteiger charge is 2.26. The molecule has 0 spiro atoms. The first kappa shape index (κ1) is 15.0. The Morgan fingerprint density at radius 2 is 1.45 bits per heavy atom. The average molecular weight is 308 g/mol. The van der Waals surface area contributed by atoms with Gasteiger partial charge in [0.05, 0.1) is 26.4 Å². The van der Waals surface area contributed by atoms with Gasteiger partial charge in [0.25, 0.3) is 11.8 Å². The highest BCUT2D eigenvalue weighted by atomic mass is 16.5. The number of hydrogen-bond donors (Lipinski definition) is 0. The molecule has 2 fully saturated rings. The SMILES string of the molecule is Cn1nc(C(=O)N2CCOCC2)cc1C(=O)N1CCOCC1. The van der Waals surface area contributed by atoms with Gasteiger partial charge in [-0.25, -0.2) is 0 Å². The van der Waals surface area contributed by atoms with Gasteiger partial charge in [0.2, 0.25) is 0 Å². The number of carbonyl (C=O) groups is 2. The third kappa shape index (κ3) is 2.97. The standard InChI is InChI=1S/C14H20N4O4/c1-16-12(14(20)18-4-8-22-9-5-18)10-11(15-16)13(19)17-2-6-21-7-3-17/h10H,2-9H2,1H3. The number of carbonyl (C=O) groups excluding carboxylic acids is 2. The highest BCUT2D eigenvalue weighted by Crippen LogP contribution is 2.12. The molecule has 0 N–H and O–H groups in total. The maximum Gasteiger partial charge on any atom is 0.274 e. The summed E-state index contributed by atoms with van der Waals surface area (Å²) in [5.41, 5.74) is 0.736. The predicted molar refractivity (Wildman–Crippen MR) is 76.7 cm³/mol. The van der Waals surface area contributed by atoms with Gasteiger partial charge in [-0.2, -0.15) is 5.10 Å². The number of hydrogen-bond acceptors (Lipinski definition) is 5. The summed E-state index contributed by atoms with van der Waals surface area (Å²) in [6.07, 6.45) is 0. The molecule has 120 valence electrons. The van der Waals surface area contributed by atoms with E-state index in [1.165, 1.54) is 4.68 Å². The monoisotopic (exact) mass is 308 g/mol. The Hall–Kier alpha value is -1.93. The van der Waals surface area contributed by atoms with Crippen molar-refractivity contribution >= 4 is 11.8 Å². The Balaban J connectivity index is 1.75. The summed E-state index contributed by atoms with van der Waals surface area (Å²) in [5.74, 6) is -0.265. The fraction of sp³-hybridized carbons (Fsp3) is 0.643. The summed E-state index contributed by atoms with van der Waals surface area (Å²) in [4.78, 5) is 28.3.